The van der Waals surface area contributed by atoms with E-state index in [-0.39, 0.29) is 18.1 Å². The van der Waals surface area contributed by atoms with Gasteiger partial charge in [0.2, 0.25) is 5.91 Å². The van der Waals surface area contributed by atoms with Crippen LogP contribution in [0, 0.1) is 0 Å². The van der Waals surface area contributed by atoms with Gasteiger partial charge in [0.25, 0.3) is 0 Å². The van der Waals surface area contributed by atoms with Crippen LogP contribution in [0.4, 0.5) is 0 Å². The molecule has 0 rings (SSSR count). The van der Waals surface area contributed by atoms with E-state index >= 15 is 0 Å². The summed E-state index contributed by atoms with van der Waals surface area (Å²) in [7, 11) is 1.60. The number of ether oxygens (including phenoxy) is 2. The molecular formula is C12H23NO3. The summed E-state index contributed by atoms with van der Waals surface area (Å²) in [5, 5.41) is 0. The highest BCUT2D eigenvalue weighted by molar-refractivity contribution is 5.78. The van der Waals surface area contributed by atoms with Crippen LogP contribution in [0.15, 0.2) is 12.7 Å². The van der Waals surface area contributed by atoms with Gasteiger partial charge < -0.3 is 14.4 Å². The summed E-state index contributed by atoms with van der Waals surface area (Å²) in [6.45, 7) is 11.2. The van der Waals surface area contributed by atoms with Gasteiger partial charge in [0.1, 0.15) is 6.61 Å². The molecule has 0 bridgehead atoms. The molecule has 0 aromatic carbocycles. The maximum absolute atomic E-state index is 11.9. The predicted molar refractivity (Wildman–Crippen MR) is 64.4 cm³/mol. The summed E-state index contributed by atoms with van der Waals surface area (Å²) in [5.74, 6) is -0.0245. The molecule has 4 nitrogen and oxygen atoms in total. The largest absolute Gasteiger partial charge is 0.382 e. The zero-order chi connectivity index (χ0) is 12.6. The number of methoxy groups -OCH3 is 1. The van der Waals surface area contributed by atoms with E-state index in [0.29, 0.717) is 19.8 Å². The minimum absolute atomic E-state index is 0.0245. The number of carbonyl (C=O) groups excluding carboxylic acids is 1. The first-order valence-corrected chi connectivity index (χ1v) is 5.41. The molecule has 0 aliphatic rings. The molecule has 0 aliphatic heterocycles. The van der Waals surface area contributed by atoms with Crippen molar-refractivity contribution in [3.05, 3.63) is 12.7 Å². The Morgan fingerprint density at radius 1 is 1.38 bits per heavy atom. The molecule has 0 fully saturated rings. The van der Waals surface area contributed by atoms with Crippen molar-refractivity contribution in [2.75, 3.05) is 33.5 Å². The summed E-state index contributed by atoms with van der Waals surface area (Å²) in [6.07, 6.45) is 1.72. The Bertz CT molecular complexity index is 221. The Labute approximate surface area is 98.2 Å². The fraction of sp³-hybridized carbons (Fsp3) is 0.750. The molecular weight excluding hydrogens is 206 g/mol. The van der Waals surface area contributed by atoms with E-state index in [1.807, 2.05) is 20.8 Å². The third-order valence-corrected chi connectivity index (χ3v) is 2.08. The molecule has 0 saturated heterocycles. The third kappa shape index (κ3) is 5.88. The van der Waals surface area contributed by atoms with Crippen LogP contribution in [-0.2, 0) is 14.3 Å². The number of rotatable bonds is 7. The number of amides is 1. The van der Waals surface area contributed by atoms with Gasteiger partial charge in [-0.25, -0.2) is 0 Å². The van der Waals surface area contributed by atoms with Crippen molar-refractivity contribution in [2.24, 2.45) is 0 Å². The molecule has 94 valence electrons. The fourth-order valence-electron chi connectivity index (χ4n) is 1.26. The Balaban J connectivity index is 4.13. The average molecular weight is 229 g/mol. The maximum atomic E-state index is 11.9. The van der Waals surface area contributed by atoms with Crippen LogP contribution in [-0.4, -0.2) is 49.8 Å². The Morgan fingerprint density at radius 3 is 2.44 bits per heavy atom. The normalized spacial score (nSPS) is 11.2. The van der Waals surface area contributed by atoms with Crippen molar-refractivity contribution < 1.29 is 14.3 Å². The first kappa shape index (κ1) is 15.1. The van der Waals surface area contributed by atoms with E-state index in [9.17, 15) is 4.79 Å². The zero-order valence-corrected chi connectivity index (χ0v) is 10.8. The van der Waals surface area contributed by atoms with E-state index in [4.69, 9.17) is 9.47 Å². The molecule has 1 amide bonds. The van der Waals surface area contributed by atoms with Gasteiger partial charge in [-0.05, 0) is 20.8 Å². The van der Waals surface area contributed by atoms with Crippen molar-refractivity contribution >= 4 is 5.91 Å². The zero-order valence-electron chi connectivity index (χ0n) is 10.8. The molecule has 16 heavy (non-hydrogen) atoms. The lowest BCUT2D eigenvalue weighted by molar-refractivity contribution is -0.140. The highest BCUT2D eigenvalue weighted by Crippen LogP contribution is 2.13. The minimum atomic E-state index is -0.212. The first-order chi connectivity index (χ1) is 7.43. The van der Waals surface area contributed by atoms with E-state index < -0.39 is 0 Å². The molecule has 0 unspecified atom stereocenters. The van der Waals surface area contributed by atoms with Gasteiger partial charge in [-0.1, -0.05) is 6.08 Å². The summed E-state index contributed by atoms with van der Waals surface area (Å²) in [4.78, 5) is 13.6. The highest BCUT2D eigenvalue weighted by Gasteiger charge is 2.24. The number of hydrogen-bond acceptors (Lipinski definition) is 3. The smallest absolute Gasteiger partial charge is 0.249 e. The Hall–Kier alpha value is -0.870. The fourth-order valence-corrected chi connectivity index (χ4v) is 1.26. The molecule has 0 heterocycles. The van der Waals surface area contributed by atoms with Gasteiger partial charge in [-0.2, -0.15) is 0 Å². The summed E-state index contributed by atoms with van der Waals surface area (Å²) in [5.41, 5.74) is -0.212. The van der Waals surface area contributed by atoms with E-state index in [1.54, 1.807) is 18.1 Å². The standard InChI is InChI=1S/C12H23NO3/c1-6-7-13(12(2,3)4)11(14)10-16-9-8-15-5/h6H,1,7-10H2,2-5H3. The summed E-state index contributed by atoms with van der Waals surface area (Å²) >= 11 is 0. The second-order valence-corrected chi connectivity index (χ2v) is 4.51. The molecule has 0 aromatic heterocycles. The van der Waals surface area contributed by atoms with Crippen LogP contribution in [0.3, 0.4) is 0 Å². The third-order valence-electron chi connectivity index (χ3n) is 2.08. The molecule has 0 saturated carbocycles. The van der Waals surface area contributed by atoms with E-state index in [2.05, 4.69) is 6.58 Å². The van der Waals surface area contributed by atoms with E-state index in [0.717, 1.165) is 0 Å². The lowest BCUT2D eigenvalue weighted by atomic mass is 10.1. The Morgan fingerprint density at radius 2 is 2.00 bits per heavy atom. The molecule has 0 spiro atoms. The second kappa shape index (κ2) is 7.41. The van der Waals surface area contributed by atoms with Gasteiger partial charge in [-0.3, -0.25) is 4.79 Å². The van der Waals surface area contributed by atoms with Crippen LogP contribution in [0.5, 0.6) is 0 Å². The number of carbonyl (C=O) groups is 1. The Kier molecular flexibility index (Phi) is 7.01. The maximum Gasteiger partial charge on any atom is 0.249 e. The molecule has 0 aromatic rings. The van der Waals surface area contributed by atoms with Crippen molar-refractivity contribution in [2.45, 2.75) is 26.3 Å². The highest BCUT2D eigenvalue weighted by atomic mass is 16.5. The van der Waals surface area contributed by atoms with Crippen molar-refractivity contribution in [1.82, 2.24) is 4.90 Å². The second-order valence-electron chi connectivity index (χ2n) is 4.51. The molecule has 0 aliphatic carbocycles. The van der Waals surface area contributed by atoms with Crippen LogP contribution >= 0.6 is 0 Å². The summed E-state index contributed by atoms with van der Waals surface area (Å²) in [6, 6.07) is 0. The monoisotopic (exact) mass is 229 g/mol. The van der Waals surface area contributed by atoms with Crippen molar-refractivity contribution in [3.8, 4) is 0 Å². The molecule has 0 radical (unpaired) electrons. The average Bonchev–Trinajstić information content (AvgIpc) is 2.19. The van der Waals surface area contributed by atoms with Gasteiger partial charge in [0, 0.05) is 19.2 Å². The van der Waals surface area contributed by atoms with Gasteiger partial charge >= 0.3 is 0 Å². The van der Waals surface area contributed by atoms with E-state index in [1.165, 1.54) is 0 Å². The lowest BCUT2D eigenvalue weighted by Crippen LogP contribution is -2.47. The number of nitrogens with zero attached hydrogens (tertiary/aromatic N) is 1. The summed E-state index contributed by atoms with van der Waals surface area (Å²) < 4.78 is 10.0. The molecule has 0 atom stereocenters. The minimum Gasteiger partial charge on any atom is -0.382 e. The van der Waals surface area contributed by atoms with Crippen LogP contribution in [0.2, 0.25) is 0 Å². The van der Waals surface area contributed by atoms with Crippen LogP contribution in [0.1, 0.15) is 20.8 Å². The van der Waals surface area contributed by atoms with Crippen molar-refractivity contribution in [3.63, 3.8) is 0 Å². The molecule has 4 heteroatoms. The van der Waals surface area contributed by atoms with Crippen LogP contribution in [0.25, 0.3) is 0 Å². The van der Waals surface area contributed by atoms with Crippen LogP contribution < -0.4 is 0 Å². The molecule has 0 N–H and O–H groups in total. The SMILES string of the molecule is C=CCN(C(=O)COCCOC)C(C)(C)C. The number of hydrogen-bond donors (Lipinski definition) is 0. The first-order valence-electron chi connectivity index (χ1n) is 5.41. The van der Waals surface area contributed by atoms with Gasteiger partial charge in [-0.15, -0.1) is 6.58 Å². The quantitative estimate of drug-likeness (QED) is 0.490. The predicted octanol–water partition coefficient (Wildman–Crippen LogP) is 1.46. The van der Waals surface area contributed by atoms with Crippen molar-refractivity contribution in [1.29, 1.82) is 0 Å². The van der Waals surface area contributed by atoms with Gasteiger partial charge in [0.15, 0.2) is 0 Å². The van der Waals surface area contributed by atoms with Gasteiger partial charge in [0.05, 0.1) is 13.2 Å². The lowest BCUT2D eigenvalue weighted by Gasteiger charge is -2.34. The topological polar surface area (TPSA) is 38.8 Å².